The molecule has 0 radical (unpaired) electrons. The van der Waals surface area contributed by atoms with Gasteiger partial charge in [0.1, 0.15) is 6.04 Å². The molecule has 2 rings (SSSR count). The van der Waals surface area contributed by atoms with Gasteiger partial charge in [-0.3, -0.25) is 0 Å². The molecule has 2 nitrogen and oxygen atoms in total. The number of benzene rings is 2. The van der Waals surface area contributed by atoms with Crippen LogP contribution < -0.4 is 0 Å². The van der Waals surface area contributed by atoms with E-state index in [1.54, 1.807) is 0 Å². The molecule has 114 valence electrons. The van der Waals surface area contributed by atoms with E-state index in [9.17, 15) is 5.21 Å². The lowest BCUT2D eigenvalue weighted by atomic mass is 10.1. The summed E-state index contributed by atoms with van der Waals surface area (Å²) in [6, 6.07) is 19.4. The number of halogens is 1. The Bertz CT molecular complexity index is 604. The first-order valence-electron chi connectivity index (χ1n) is 7.40. The van der Waals surface area contributed by atoms with E-state index in [1.807, 2.05) is 60.7 Å². The lowest BCUT2D eigenvalue weighted by Crippen LogP contribution is -2.24. The van der Waals surface area contributed by atoms with Gasteiger partial charge in [-0.1, -0.05) is 66.6 Å². The molecule has 1 unspecified atom stereocenters. The fourth-order valence-electron chi connectivity index (χ4n) is 2.15. The van der Waals surface area contributed by atoms with Crippen molar-refractivity contribution in [2.45, 2.75) is 25.4 Å². The summed E-state index contributed by atoms with van der Waals surface area (Å²) >= 11 is 5.68. The topological polar surface area (TPSA) is 23.5 Å². The van der Waals surface area contributed by atoms with Crippen LogP contribution in [-0.2, 0) is 6.54 Å². The fraction of sp³-hybridized carbons (Fsp3) is 0.263. The number of hydrogen-bond donors (Lipinski definition) is 1. The largest absolute Gasteiger partial charge is 0.312 e. The molecule has 3 heteroatoms. The van der Waals surface area contributed by atoms with E-state index in [-0.39, 0.29) is 6.04 Å². The summed E-state index contributed by atoms with van der Waals surface area (Å²) in [5.74, 6) is 6.88. The minimum absolute atomic E-state index is 0.336. The number of nitrogens with zero attached hydrogens (tertiary/aromatic N) is 1. The highest BCUT2D eigenvalue weighted by molar-refractivity contribution is 6.17. The van der Waals surface area contributed by atoms with Gasteiger partial charge in [0.2, 0.25) is 0 Å². The molecule has 22 heavy (non-hydrogen) atoms. The predicted octanol–water partition coefficient (Wildman–Crippen LogP) is 4.64. The Labute approximate surface area is 137 Å². The van der Waals surface area contributed by atoms with Crippen molar-refractivity contribution < 1.29 is 5.21 Å². The number of alkyl halides is 1. The molecule has 0 aliphatic rings. The van der Waals surface area contributed by atoms with Gasteiger partial charge < -0.3 is 5.21 Å². The molecule has 2 aromatic rings. The molecule has 0 amide bonds. The highest BCUT2D eigenvalue weighted by Gasteiger charge is 2.16. The molecule has 0 fully saturated rings. The average molecular weight is 314 g/mol. The maximum Gasteiger partial charge on any atom is 0.121 e. The number of rotatable bonds is 6. The SMILES string of the molecule is ON(Cc1ccccc1)C(C#CCCCCl)c1ccccc1. The van der Waals surface area contributed by atoms with E-state index in [0.717, 1.165) is 24.0 Å². The third-order valence-electron chi connectivity index (χ3n) is 3.27. The first kappa shape index (κ1) is 16.6. The van der Waals surface area contributed by atoms with Crippen LogP contribution in [0.3, 0.4) is 0 Å². The smallest absolute Gasteiger partial charge is 0.121 e. The summed E-state index contributed by atoms with van der Waals surface area (Å²) in [4.78, 5) is 0. The van der Waals surface area contributed by atoms with Gasteiger partial charge in [0.05, 0.1) is 6.54 Å². The Morgan fingerprint density at radius 3 is 2.27 bits per heavy atom. The Balaban J connectivity index is 2.14. The molecule has 0 bridgehead atoms. The second-order valence-corrected chi connectivity index (χ2v) is 5.39. The van der Waals surface area contributed by atoms with E-state index in [1.165, 1.54) is 5.06 Å². The van der Waals surface area contributed by atoms with Crippen molar-refractivity contribution in [1.29, 1.82) is 0 Å². The molecule has 0 heterocycles. The van der Waals surface area contributed by atoms with Crippen LogP contribution in [0.15, 0.2) is 60.7 Å². The molecule has 1 atom stereocenters. The molecule has 2 aromatic carbocycles. The zero-order chi connectivity index (χ0) is 15.6. The highest BCUT2D eigenvalue weighted by Crippen LogP contribution is 2.20. The van der Waals surface area contributed by atoms with Crippen molar-refractivity contribution in [2.24, 2.45) is 0 Å². The normalized spacial score (nSPS) is 11.8. The molecule has 0 saturated carbocycles. The van der Waals surface area contributed by atoms with Crippen LogP contribution in [0.1, 0.15) is 30.0 Å². The summed E-state index contributed by atoms with van der Waals surface area (Å²) in [6.07, 6.45) is 1.60. The van der Waals surface area contributed by atoms with Crippen molar-refractivity contribution in [2.75, 3.05) is 5.88 Å². The van der Waals surface area contributed by atoms with E-state index < -0.39 is 0 Å². The maximum atomic E-state index is 10.5. The lowest BCUT2D eigenvalue weighted by Gasteiger charge is -2.22. The predicted molar refractivity (Wildman–Crippen MR) is 90.7 cm³/mol. The van der Waals surface area contributed by atoms with Gasteiger partial charge in [0.15, 0.2) is 0 Å². The molecular weight excluding hydrogens is 294 g/mol. The van der Waals surface area contributed by atoms with Crippen molar-refractivity contribution in [3.05, 3.63) is 71.8 Å². The van der Waals surface area contributed by atoms with Gasteiger partial charge in [-0.25, -0.2) is 0 Å². The summed E-state index contributed by atoms with van der Waals surface area (Å²) in [5, 5.41) is 11.8. The van der Waals surface area contributed by atoms with Crippen molar-refractivity contribution >= 4 is 11.6 Å². The Morgan fingerprint density at radius 1 is 1.00 bits per heavy atom. The van der Waals surface area contributed by atoms with Crippen LogP contribution in [0, 0.1) is 11.8 Å². The summed E-state index contributed by atoms with van der Waals surface area (Å²) in [5.41, 5.74) is 2.03. The van der Waals surface area contributed by atoms with Crippen LogP contribution in [0.5, 0.6) is 0 Å². The molecule has 0 aliphatic carbocycles. The van der Waals surface area contributed by atoms with Crippen LogP contribution in [-0.4, -0.2) is 16.2 Å². The second kappa shape index (κ2) is 9.27. The van der Waals surface area contributed by atoms with Gasteiger partial charge in [0.25, 0.3) is 0 Å². The average Bonchev–Trinajstić information content (AvgIpc) is 2.56. The first-order valence-corrected chi connectivity index (χ1v) is 7.93. The van der Waals surface area contributed by atoms with Crippen molar-refractivity contribution in [3.8, 4) is 11.8 Å². The third kappa shape index (κ3) is 5.20. The van der Waals surface area contributed by atoms with Crippen LogP contribution in [0.25, 0.3) is 0 Å². The minimum Gasteiger partial charge on any atom is -0.312 e. The molecular formula is C19H20ClNO. The quantitative estimate of drug-likeness (QED) is 0.363. The summed E-state index contributed by atoms with van der Waals surface area (Å²) < 4.78 is 0. The Hall–Kier alpha value is -1.79. The van der Waals surface area contributed by atoms with Crippen LogP contribution in [0.4, 0.5) is 0 Å². The highest BCUT2D eigenvalue weighted by atomic mass is 35.5. The standard InChI is InChI=1S/C19H20ClNO/c20-15-9-3-8-14-19(18-12-6-2-7-13-18)21(22)16-17-10-4-1-5-11-17/h1-2,4-7,10-13,19,22H,3,9,15-16H2. The zero-order valence-corrected chi connectivity index (χ0v) is 13.2. The zero-order valence-electron chi connectivity index (χ0n) is 12.5. The van der Waals surface area contributed by atoms with Crippen LogP contribution in [0.2, 0.25) is 0 Å². The number of hydroxylamine groups is 2. The van der Waals surface area contributed by atoms with Crippen LogP contribution >= 0.6 is 11.6 Å². The molecule has 0 aromatic heterocycles. The van der Waals surface area contributed by atoms with E-state index >= 15 is 0 Å². The lowest BCUT2D eigenvalue weighted by molar-refractivity contribution is -0.121. The fourth-order valence-corrected chi connectivity index (χ4v) is 2.28. The number of hydrogen-bond acceptors (Lipinski definition) is 2. The van der Waals surface area contributed by atoms with Crippen molar-refractivity contribution in [1.82, 2.24) is 5.06 Å². The van der Waals surface area contributed by atoms with Gasteiger partial charge in [-0.05, 0) is 17.5 Å². The van der Waals surface area contributed by atoms with E-state index in [4.69, 9.17) is 11.6 Å². The first-order chi connectivity index (χ1) is 10.8. The third-order valence-corrected chi connectivity index (χ3v) is 3.54. The van der Waals surface area contributed by atoms with Crippen molar-refractivity contribution in [3.63, 3.8) is 0 Å². The molecule has 0 aliphatic heterocycles. The second-order valence-electron chi connectivity index (χ2n) is 5.01. The van der Waals surface area contributed by atoms with Gasteiger partial charge in [-0.2, -0.15) is 5.06 Å². The van der Waals surface area contributed by atoms with E-state index in [2.05, 4.69) is 11.8 Å². The monoisotopic (exact) mass is 313 g/mol. The Morgan fingerprint density at radius 2 is 1.64 bits per heavy atom. The number of unbranched alkanes of at least 4 members (excludes halogenated alkanes) is 1. The maximum absolute atomic E-state index is 10.5. The van der Waals surface area contributed by atoms with Gasteiger partial charge in [0, 0.05) is 12.3 Å². The summed E-state index contributed by atoms with van der Waals surface area (Å²) in [6.45, 7) is 0.435. The van der Waals surface area contributed by atoms with E-state index in [0.29, 0.717) is 12.4 Å². The molecule has 1 N–H and O–H groups in total. The van der Waals surface area contributed by atoms with Gasteiger partial charge in [-0.15, -0.1) is 17.5 Å². The molecule has 0 spiro atoms. The minimum atomic E-state index is -0.336. The summed E-state index contributed by atoms with van der Waals surface area (Å²) in [7, 11) is 0. The Kier molecular flexibility index (Phi) is 6.99. The van der Waals surface area contributed by atoms with Gasteiger partial charge >= 0.3 is 0 Å². The molecule has 0 saturated heterocycles.